The van der Waals surface area contributed by atoms with Gasteiger partial charge in [0.05, 0.1) is 5.02 Å². The molecule has 0 bridgehead atoms. The molecule has 1 aromatic heterocycles. The van der Waals surface area contributed by atoms with E-state index in [4.69, 9.17) is 11.6 Å². The molecule has 1 unspecified atom stereocenters. The van der Waals surface area contributed by atoms with Gasteiger partial charge < -0.3 is 9.67 Å². The van der Waals surface area contributed by atoms with E-state index in [0.717, 1.165) is 30.8 Å². The van der Waals surface area contributed by atoms with E-state index in [2.05, 4.69) is 10.2 Å². The minimum atomic E-state index is -0.507. The lowest BCUT2D eigenvalue weighted by Gasteiger charge is -2.19. The van der Waals surface area contributed by atoms with Gasteiger partial charge in [-0.3, -0.25) is 0 Å². The maximum Gasteiger partial charge on any atom is 0.165 e. The van der Waals surface area contributed by atoms with Crippen LogP contribution in [0, 0.1) is 0 Å². The molecule has 4 nitrogen and oxygen atoms in total. The summed E-state index contributed by atoms with van der Waals surface area (Å²) in [5.74, 6) is 1.38. The Morgan fingerprint density at radius 2 is 2.12 bits per heavy atom. The van der Waals surface area contributed by atoms with Crippen molar-refractivity contribution in [3.8, 4) is 11.4 Å². The predicted octanol–water partition coefficient (Wildman–Crippen LogP) is 2.43. The minimum Gasteiger partial charge on any atom is -0.385 e. The molecule has 17 heavy (non-hydrogen) atoms. The minimum absolute atomic E-state index is 0.507. The second kappa shape index (κ2) is 4.13. The molecular weight excluding hydrogens is 238 g/mol. The topological polar surface area (TPSA) is 50.9 Å². The number of aliphatic hydroxyl groups is 1. The third-order valence-corrected chi connectivity index (χ3v) is 3.38. The Labute approximate surface area is 104 Å². The van der Waals surface area contributed by atoms with E-state index in [9.17, 15) is 5.11 Å². The van der Waals surface area contributed by atoms with Gasteiger partial charge in [-0.25, -0.2) is 0 Å². The average Bonchev–Trinajstić information content (AvgIpc) is 2.75. The lowest BCUT2D eigenvalue weighted by atomic mass is 10.1. The van der Waals surface area contributed by atoms with E-state index >= 15 is 0 Å². The van der Waals surface area contributed by atoms with Crippen LogP contribution in [0.4, 0.5) is 0 Å². The number of aliphatic hydroxyl groups excluding tert-OH is 1. The number of rotatable bonds is 1. The van der Waals surface area contributed by atoms with Crippen molar-refractivity contribution in [1.29, 1.82) is 0 Å². The van der Waals surface area contributed by atoms with E-state index in [1.54, 1.807) is 0 Å². The van der Waals surface area contributed by atoms with Gasteiger partial charge in [-0.05, 0) is 25.0 Å². The molecule has 1 N–H and O–H groups in total. The first-order valence-electron chi connectivity index (χ1n) is 5.63. The molecular formula is C12H12ClN3O. The summed E-state index contributed by atoms with van der Waals surface area (Å²) in [6.45, 7) is 0.833. The van der Waals surface area contributed by atoms with Crippen LogP contribution in [0.2, 0.25) is 5.02 Å². The molecule has 88 valence electrons. The highest BCUT2D eigenvalue weighted by Crippen LogP contribution is 2.31. The van der Waals surface area contributed by atoms with Crippen LogP contribution in [-0.2, 0) is 6.54 Å². The van der Waals surface area contributed by atoms with Gasteiger partial charge in [-0.1, -0.05) is 23.7 Å². The maximum absolute atomic E-state index is 9.83. The molecule has 3 rings (SSSR count). The normalized spacial score (nSPS) is 19.1. The molecule has 0 saturated heterocycles. The van der Waals surface area contributed by atoms with Crippen molar-refractivity contribution in [3.63, 3.8) is 0 Å². The third kappa shape index (κ3) is 1.73. The first-order valence-corrected chi connectivity index (χ1v) is 6.01. The van der Waals surface area contributed by atoms with Crippen molar-refractivity contribution >= 4 is 11.6 Å². The molecule has 1 atom stereocenters. The molecule has 0 amide bonds. The zero-order valence-corrected chi connectivity index (χ0v) is 9.93. The van der Waals surface area contributed by atoms with Crippen molar-refractivity contribution in [2.45, 2.75) is 25.5 Å². The fourth-order valence-corrected chi connectivity index (χ4v) is 2.42. The maximum atomic E-state index is 9.83. The number of aromatic nitrogens is 3. The van der Waals surface area contributed by atoms with Crippen molar-refractivity contribution < 1.29 is 5.11 Å². The number of benzene rings is 1. The van der Waals surface area contributed by atoms with Crippen LogP contribution in [0.25, 0.3) is 11.4 Å². The molecule has 1 aliphatic heterocycles. The SMILES string of the molecule is OC1CCCn2c(-c3ccccc3Cl)nnc21. The Morgan fingerprint density at radius 1 is 1.29 bits per heavy atom. The summed E-state index contributed by atoms with van der Waals surface area (Å²) >= 11 is 6.15. The van der Waals surface area contributed by atoms with Crippen LogP contribution in [0.15, 0.2) is 24.3 Å². The van der Waals surface area contributed by atoms with E-state index in [0.29, 0.717) is 10.8 Å². The number of halogens is 1. The van der Waals surface area contributed by atoms with Crippen LogP contribution in [0.5, 0.6) is 0 Å². The fraction of sp³-hybridized carbons (Fsp3) is 0.333. The van der Waals surface area contributed by atoms with E-state index in [1.807, 2.05) is 28.8 Å². The Kier molecular flexibility index (Phi) is 2.61. The van der Waals surface area contributed by atoms with Gasteiger partial charge in [0.25, 0.3) is 0 Å². The molecule has 0 spiro atoms. The highest BCUT2D eigenvalue weighted by atomic mass is 35.5. The molecule has 2 heterocycles. The van der Waals surface area contributed by atoms with Crippen molar-refractivity contribution in [2.75, 3.05) is 0 Å². The summed E-state index contributed by atoms with van der Waals surface area (Å²) in [7, 11) is 0. The summed E-state index contributed by atoms with van der Waals surface area (Å²) < 4.78 is 1.95. The summed E-state index contributed by atoms with van der Waals surface area (Å²) in [5, 5.41) is 18.7. The number of hydrogen-bond acceptors (Lipinski definition) is 3. The van der Waals surface area contributed by atoms with Crippen molar-refractivity contribution in [2.24, 2.45) is 0 Å². The number of nitrogens with zero attached hydrogens (tertiary/aromatic N) is 3. The molecule has 0 aliphatic carbocycles. The van der Waals surface area contributed by atoms with Gasteiger partial charge in [-0.15, -0.1) is 10.2 Å². The Balaban J connectivity index is 2.14. The molecule has 5 heteroatoms. The van der Waals surface area contributed by atoms with Gasteiger partial charge >= 0.3 is 0 Å². The lowest BCUT2D eigenvalue weighted by Crippen LogP contribution is -2.16. The smallest absolute Gasteiger partial charge is 0.165 e. The second-order valence-corrected chi connectivity index (χ2v) is 4.58. The Morgan fingerprint density at radius 3 is 2.94 bits per heavy atom. The summed E-state index contributed by atoms with van der Waals surface area (Å²) in [4.78, 5) is 0. The third-order valence-electron chi connectivity index (χ3n) is 3.05. The highest BCUT2D eigenvalue weighted by Gasteiger charge is 2.24. The second-order valence-electron chi connectivity index (χ2n) is 4.17. The molecule has 2 aromatic rings. The summed E-state index contributed by atoms with van der Waals surface area (Å²) in [6, 6.07) is 7.55. The Bertz CT molecular complexity index is 552. The zero-order valence-electron chi connectivity index (χ0n) is 9.17. The fourth-order valence-electron chi connectivity index (χ4n) is 2.20. The molecule has 1 aliphatic rings. The molecule has 0 saturated carbocycles. The largest absolute Gasteiger partial charge is 0.385 e. The molecule has 0 radical (unpaired) electrons. The van der Waals surface area contributed by atoms with Crippen LogP contribution in [-0.4, -0.2) is 19.9 Å². The Hall–Kier alpha value is -1.39. The summed E-state index contributed by atoms with van der Waals surface area (Å²) in [5.41, 5.74) is 0.863. The van der Waals surface area contributed by atoms with Crippen LogP contribution < -0.4 is 0 Å². The van der Waals surface area contributed by atoms with Crippen LogP contribution in [0.1, 0.15) is 24.8 Å². The standard InChI is InChI=1S/C12H12ClN3O/c13-9-5-2-1-4-8(9)11-14-15-12-10(17)6-3-7-16(11)12/h1-2,4-5,10,17H,3,6-7H2. The van der Waals surface area contributed by atoms with E-state index in [-0.39, 0.29) is 0 Å². The van der Waals surface area contributed by atoms with Crippen LogP contribution >= 0.6 is 11.6 Å². The van der Waals surface area contributed by atoms with E-state index in [1.165, 1.54) is 0 Å². The lowest BCUT2D eigenvalue weighted by molar-refractivity contribution is 0.134. The molecule has 1 aromatic carbocycles. The van der Waals surface area contributed by atoms with Gasteiger partial charge in [0, 0.05) is 12.1 Å². The predicted molar refractivity (Wildman–Crippen MR) is 64.7 cm³/mol. The van der Waals surface area contributed by atoms with Crippen molar-refractivity contribution in [3.05, 3.63) is 35.1 Å². The quantitative estimate of drug-likeness (QED) is 0.845. The zero-order chi connectivity index (χ0) is 11.8. The average molecular weight is 250 g/mol. The van der Waals surface area contributed by atoms with Crippen LogP contribution in [0.3, 0.4) is 0 Å². The van der Waals surface area contributed by atoms with E-state index < -0.39 is 6.10 Å². The first-order chi connectivity index (χ1) is 8.27. The van der Waals surface area contributed by atoms with Gasteiger partial charge in [-0.2, -0.15) is 0 Å². The highest BCUT2D eigenvalue weighted by molar-refractivity contribution is 6.33. The summed E-state index contributed by atoms with van der Waals surface area (Å²) in [6.07, 6.45) is 1.18. The molecule has 0 fully saturated rings. The van der Waals surface area contributed by atoms with Gasteiger partial charge in [0.2, 0.25) is 0 Å². The number of hydrogen-bond donors (Lipinski definition) is 1. The number of fused-ring (bicyclic) bond motifs is 1. The van der Waals surface area contributed by atoms with Crippen molar-refractivity contribution in [1.82, 2.24) is 14.8 Å². The van der Waals surface area contributed by atoms with Gasteiger partial charge in [0.1, 0.15) is 6.10 Å². The monoisotopic (exact) mass is 249 g/mol. The first kappa shape index (κ1) is 10.7. The van der Waals surface area contributed by atoms with Gasteiger partial charge in [0.15, 0.2) is 11.6 Å².